The molecule has 4 nitrogen and oxygen atoms in total. The first-order valence-electron chi connectivity index (χ1n) is 8.81. The third-order valence-corrected chi connectivity index (χ3v) is 4.71. The van der Waals surface area contributed by atoms with Gasteiger partial charge in [0.25, 0.3) is 0 Å². The SMILES string of the molecule is CCCC(NC(=O)C=CC(=O)O)C(C)(c1ccccc1)c1ccccc1. The van der Waals surface area contributed by atoms with E-state index in [1.54, 1.807) is 0 Å². The smallest absolute Gasteiger partial charge is 0.328 e. The van der Waals surface area contributed by atoms with Gasteiger partial charge in [0.15, 0.2) is 0 Å². The fraction of sp³-hybridized carbons (Fsp3) is 0.273. The third kappa shape index (κ3) is 4.60. The molecule has 1 amide bonds. The first-order chi connectivity index (χ1) is 12.5. The molecule has 0 aliphatic carbocycles. The Morgan fingerprint density at radius 2 is 1.50 bits per heavy atom. The molecule has 0 saturated carbocycles. The summed E-state index contributed by atoms with van der Waals surface area (Å²) in [4.78, 5) is 23.0. The van der Waals surface area contributed by atoms with E-state index in [9.17, 15) is 9.59 Å². The van der Waals surface area contributed by atoms with Gasteiger partial charge in [0, 0.05) is 23.6 Å². The zero-order chi connectivity index (χ0) is 19.0. The van der Waals surface area contributed by atoms with Crippen molar-refractivity contribution in [2.45, 2.75) is 38.1 Å². The number of rotatable bonds is 8. The van der Waals surface area contributed by atoms with Crippen molar-refractivity contribution in [1.82, 2.24) is 5.32 Å². The van der Waals surface area contributed by atoms with Gasteiger partial charge in [0.2, 0.25) is 5.91 Å². The van der Waals surface area contributed by atoms with Crippen molar-refractivity contribution in [2.24, 2.45) is 0 Å². The summed E-state index contributed by atoms with van der Waals surface area (Å²) >= 11 is 0. The topological polar surface area (TPSA) is 66.4 Å². The lowest BCUT2D eigenvalue weighted by molar-refractivity contribution is -0.131. The van der Waals surface area contributed by atoms with E-state index in [4.69, 9.17) is 5.11 Å². The molecule has 0 spiro atoms. The Kier molecular flexibility index (Phi) is 6.73. The van der Waals surface area contributed by atoms with Crippen LogP contribution in [-0.2, 0) is 15.0 Å². The van der Waals surface area contributed by atoms with Crippen LogP contribution in [-0.4, -0.2) is 23.0 Å². The summed E-state index contributed by atoms with van der Waals surface area (Å²) < 4.78 is 0. The van der Waals surface area contributed by atoms with E-state index < -0.39 is 17.3 Å². The number of hydrogen-bond donors (Lipinski definition) is 2. The average molecular weight is 351 g/mol. The van der Waals surface area contributed by atoms with Gasteiger partial charge >= 0.3 is 5.97 Å². The summed E-state index contributed by atoms with van der Waals surface area (Å²) in [5, 5.41) is 11.8. The molecule has 0 saturated heterocycles. The number of aliphatic carboxylic acids is 1. The highest BCUT2D eigenvalue weighted by atomic mass is 16.4. The predicted octanol–water partition coefficient (Wildman–Crippen LogP) is 3.92. The fourth-order valence-electron chi connectivity index (χ4n) is 3.30. The maximum Gasteiger partial charge on any atom is 0.328 e. The molecule has 136 valence electrons. The second kappa shape index (κ2) is 8.99. The van der Waals surface area contributed by atoms with Crippen molar-refractivity contribution in [3.8, 4) is 0 Å². The molecule has 1 atom stereocenters. The summed E-state index contributed by atoms with van der Waals surface area (Å²) in [5.74, 6) is -1.54. The molecule has 0 radical (unpaired) electrons. The van der Waals surface area contributed by atoms with Crippen LogP contribution in [0.4, 0.5) is 0 Å². The van der Waals surface area contributed by atoms with Gasteiger partial charge < -0.3 is 10.4 Å². The van der Waals surface area contributed by atoms with E-state index >= 15 is 0 Å². The number of amides is 1. The summed E-state index contributed by atoms with van der Waals surface area (Å²) in [5.41, 5.74) is 1.77. The van der Waals surface area contributed by atoms with Gasteiger partial charge in [0.1, 0.15) is 0 Å². The molecule has 2 rings (SSSR count). The Morgan fingerprint density at radius 1 is 1.00 bits per heavy atom. The first kappa shape index (κ1) is 19.4. The van der Waals surface area contributed by atoms with Gasteiger partial charge in [-0.1, -0.05) is 74.0 Å². The average Bonchev–Trinajstić information content (AvgIpc) is 2.67. The molecule has 0 bridgehead atoms. The molecule has 2 N–H and O–H groups in total. The van der Waals surface area contributed by atoms with Crippen molar-refractivity contribution in [1.29, 1.82) is 0 Å². The largest absolute Gasteiger partial charge is 0.478 e. The molecular weight excluding hydrogens is 326 g/mol. The fourth-order valence-corrected chi connectivity index (χ4v) is 3.30. The van der Waals surface area contributed by atoms with E-state index in [1.165, 1.54) is 0 Å². The van der Waals surface area contributed by atoms with Gasteiger partial charge in [-0.3, -0.25) is 4.79 Å². The number of carbonyl (C=O) groups is 2. The summed E-state index contributed by atoms with van der Waals surface area (Å²) in [7, 11) is 0. The van der Waals surface area contributed by atoms with Gasteiger partial charge in [0.05, 0.1) is 0 Å². The third-order valence-electron chi connectivity index (χ3n) is 4.71. The monoisotopic (exact) mass is 351 g/mol. The van der Waals surface area contributed by atoms with E-state index in [0.717, 1.165) is 36.1 Å². The van der Waals surface area contributed by atoms with Crippen molar-refractivity contribution >= 4 is 11.9 Å². The van der Waals surface area contributed by atoms with Crippen molar-refractivity contribution < 1.29 is 14.7 Å². The first-order valence-corrected chi connectivity index (χ1v) is 8.81. The van der Waals surface area contributed by atoms with Crippen LogP contribution < -0.4 is 5.32 Å². The minimum atomic E-state index is -1.14. The summed E-state index contributed by atoms with van der Waals surface area (Å²) in [6.07, 6.45) is 3.60. The minimum absolute atomic E-state index is 0.178. The summed E-state index contributed by atoms with van der Waals surface area (Å²) in [6.45, 7) is 4.20. The maximum atomic E-state index is 12.3. The number of nitrogens with one attached hydrogen (secondary N) is 1. The molecule has 0 fully saturated rings. The van der Waals surface area contributed by atoms with Crippen LogP contribution in [0.25, 0.3) is 0 Å². The maximum absolute atomic E-state index is 12.3. The number of carboxylic acid groups (broad SMARTS) is 1. The number of hydrogen-bond acceptors (Lipinski definition) is 2. The molecule has 4 heteroatoms. The highest BCUT2D eigenvalue weighted by molar-refractivity contribution is 5.94. The standard InChI is InChI=1S/C22H25NO3/c1-3-10-19(23-20(24)15-16-21(25)26)22(2,17-11-6-4-7-12-17)18-13-8-5-9-14-18/h4-9,11-16,19H,3,10H2,1-2H3,(H,23,24)(H,25,26). The second-order valence-corrected chi connectivity index (χ2v) is 6.46. The van der Waals surface area contributed by atoms with Crippen molar-refractivity contribution in [3.63, 3.8) is 0 Å². The molecule has 0 aromatic heterocycles. The Morgan fingerprint density at radius 3 is 1.92 bits per heavy atom. The van der Waals surface area contributed by atoms with Crippen molar-refractivity contribution in [2.75, 3.05) is 0 Å². The lowest BCUT2D eigenvalue weighted by atomic mass is 9.69. The van der Waals surface area contributed by atoms with E-state index in [0.29, 0.717) is 0 Å². The van der Waals surface area contributed by atoms with E-state index in [1.807, 2.05) is 36.4 Å². The molecule has 2 aromatic rings. The number of carboxylic acids is 1. The van der Waals surface area contributed by atoms with Crippen LogP contribution in [0.3, 0.4) is 0 Å². The minimum Gasteiger partial charge on any atom is -0.478 e. The van der Waals surface area contributed by atoms with Gasteiger partial charge in [-0.05, 0) is 24.5 Å². The Balaban J connectivity index is 2.46. The van der Waals surface area contributed by atoms with Gasteiger partial charge in [-0.15, -0.1) is 0 Å². The van der Waals surface area contributed by atoms with Crippen LogP contribution in [0.5, 0.6) is 0 Å². The Hall–Kier alpha value is -2.88. The second-order valence-electron chi connectivity index (χ2n) is 6.46. The van der Waals surface area contributed by atoms with Crippen LogP contribution >= 0.6 is 0 Å². The van der Waals surface area contributed by atoms with Crippen LogP contribution in [0, 0.1) is 0 Å². The molecular formula is C22H25NO3. The molecule has 1 unspecified atom stereocenters. The predicted molar refractivity (Wildman–Crippen MR) is 103 cm³/mol. The summed E-state index contributed by atoms with van der Waals surface area (Å²) in [6, 6.07) is 20.0. The number of carbonyl (C=O) groups excluding carboxylic acids is 1. The lowest BCUT2D eigenvalue weighted by Crippen LogP contribution is -2.49. The quantitative estimate of drug-likeness (QED) is 0.709. The highest BCUT2D eigenvalue weighted by Crippen LogP contribution is 2.37. The zero-order valence-corrected chi connectivity index (χ0v) is 15.2. The normalized spacial score (nSPS) is 12.7. The molecule has 0 aliphatic heterocycles. The lowest BCUT2D eigenvalue weighted by Gasteiger charge is -2.39. The van der Waals surface area contributed by atoms with E-state index in [-0.39, 0.29) is 6.04 Å². The van der Waals surface area contributed by atoms with Gasteiger partial charge in [-0.2, -0.15) is 0 Å². The molecule has 0 heterocycles. The van der Waals surface area contributed by atoms with E-state index in [2.05, 4.69) is 43.4 Å². The van der Waals surface area contributed by atoms with Crippen LogP contribution in [0.1, 0.15) is 37.8 Å². The highest BCUT2D eigenvalue weighted by Gasteiger charge is 2.37. The van der Waals surface area contributed by atoms with Crippen molar-refractivity contribution in [3.05, 3.63) is 83.9 Å². The zero-order valence-electron chi connectivity index (χ0n) is 15.2. The van der Waals surface area contributed by atoms with Gasteiger partial charge in [-0.25, -0.2) is 4.79 Å². The molecule has 2 aromatic carbocycles. The Labute approximate surface area is 154 Å². The van der Waals surface area contributed by atoms with Crippen LogP contribution in [0.2, 0.25) is 0 Å². The number of benzene rings is 2. The molecule has 0 aliphatic rings. The van der Waals surface area contributed by atoms with Crippen LogP contribution in [0.15, 0.2) is 72.8 Å². The molecule has 26 heavy (non-hydrogen) atoms. The Bertz CT molecular complexity index is 714.